The molecule has 0 aromatic heterocycles. The smallest absolute Gasteiger partial charge is 0.166 e. The van der Waals surface area contributed by atoms with Crippen LogP contribution in [0.5, 0.6) is 5.75 Å². The molecule has 2 rings (SSSR count). The van der Waals surface area contributed by atoms with Crippen LogP contribution in [-0.4, -0.2) is 10.9 Å². The Labute approximate surface area is 112 Å². The normalized spacial score (nSPS) is 10.4. The summed E-state index contributed by atoms with van der Waals surface area (Å²) in [6.45, 7) is 1.98. The molecule has 3 nitrogen and oxygen atoms in total. The van der Waals surface area contributed by atoms with Crippen molar-refractivity contribution < 1.29 is 9.90 Å². The van der Waals surface area contributed by atoms with E-state index in [-0.39, 0.29) is 18.1 Å². The van der Waals surface area contributed by atoms with Gasteiger partial charge < -0.3 is 10.8 Å². The van der Waals surface area contributed by atoms with E-state index in [1.807, 2.05) is 36.4 Å². The average Bonchev–Trinajstić information content (AvgIpc) is 2.47. The highest BCUT2D eigenvalue weighted by molar-refractivity contribution is 6.00. The van der Waals surface area contributed by atoms with Gasteiger partial charge in [0.15, 0.2) is 5.78 Å². The number of carbonyl (C=O) groups excluding carboxylic acids is 1. The van der Waals surface area contributed by atoms with Gasteiger partial charge in [-0.25, -0.2) is 0 Å². The Morgan fingerprint density at radius 3 is 2.42 bits per heavy atom. The fraction of sp³-hybridized carbons (Fsp3) is 0.188. The lowest BCUT2D eigenvalue weighted by Gasteiger charge is -2.11. The Bertz CT molecular complexity index is 591. The third-order valence-electron chi connectivity index (χ3n) is 3.14. The van der Waals surface area contributed by atoms with E-state index in [2.05, 4.69) is 0 Å². The zero-order valence-corrected chi connectivity index (χ0v) is 10.9. The average molecular weight is 255 g/mol. The van der Waals surface area contributed by atoms with Crippen LogP contribution in [-0.2, 0) is 6.54 Å². The van der Waals surface area contributed by atoms with Crippen molar-refractivity contribution in [1.82, 2.24) is 0 Å². The Balaban J connectivity index is 2.61. The number of ketones is 1. The largest absolute Gasteiger partial charge is 0.507 e. The summed E-state index contributed by atoms with van der Waals surface area (Å²) in [4.78, 5) is 11.9. The summed E-state index contributed by atoms with van der Waals surface area (Å²) < 4.78 is 0. The number of benzene rings is 2. The van der Waals surface area contributed by atoms with Gasteiger partial charge in [-0.3, -0.25) is 4.79 Å². The number of carbonyl (C=O) groups is 1. The minimum atomic E-state index is -0.0787. The number of rotatable bonds is 4. The topological polar surface area (TPSA) is 63.3 Å². The molecule has 19 heavy (non-hydrogen) atoms. The van der Waals surface area contributed by atoms with Crippen molar-refractivity contribution in [3.63, 3.8) is 0 Å². The van der Waals surface area contributed by atoms with E-state index in [9.17, 15) is 9.90 Å². The number of phenolic OH excluding ortho intramolecular Hbond substituents is 1. The maximum atomic E-state index is 11.9. The van der Waals surface area contributed by atoms with Crippen molar-refractivity contribution in [3.8, 4) is 16.9 Å². The van der Waals surface area contributed by atoms with Crippen molar-refractivity contribution in [3.05, 3.63) is 53.6 Å². The van der Waals surface area contributed by atoms with Gasteiger partial charge in [-0.1, -0.05) is 37.3 Å². The summed E-state index contributed by atoms with van der Waals surface area (Å²) in [6, 6.07) is 13.3. The Morgan fingerprint density at radius 2 is 1.84 bits per heavy atom. The molecule has 0 atom stereocenters. The van der Waals surface area contributed by atoms with Crippen LogP contribution in [0.25, 0.3) is 11.1 Å². The zero-order chi connectivity index (χ0) is 13.8. The molecule has 0 amide bonds. The molecule has 0 saturated heterocycles. The molecule has 0 heterocycles. The molecule has 2 aromatic rings. The third-order valence-corrected chi connectivity index (χ3v) is 3.14. The summed E-state index contributed by atoms with van der Waals surface area (Å²) in [5.74, 6) is -0.0704. The Kier molecular flexibility index (Phi) is 3.97. The summed E-state index contributed by atoms with van der Waals surface area (Å²) in [7, 11) is 0. The quantitative estimate of drug-likeness (QED) is 0.825. The highest BCUT2D eigenvalue weighted by atomic mass is 16.3. The molecule has 3 heteroatoms. The standard InChI is InChI=1S/C16H17NO2/c1-2-15(18)14-9-12(8-13(10-17)16(14)19)11-6-4-3-5-7-11/h3-9,19H,2,10,17H2,1H3. The van der Waals surface area contributed by atoms with Gasteiger partial charge in [0.1, 0.15) is 5.75 Å². The highest BCUT2D eigenvalue weighted by Crippen LogP contribution is 2.30. The fourth-order valence-electron chi connectivity index (χ4n) is 2.05. The minimum absolute atomic E-state index is 0.00836. The second kappa shape index (κ2) is 5.67. The number of hydrogen-bond donors (Lipinski definition) is 2. The van der Waals surface area contributed by atoms with E-state index in [4.69, 9.17) is 5.73 Å². The zero-order valence-electron chi connectivity index (χ0n) is 10.9. The van der Waals surface area contributed by atoms with Crippen LogP contribution < -0.4 is 5.73 Å². The van der Waals surface area contributed by atoms with Gasteiger partial charge >= 0.3 is 0 Å². The predicted molar refractivity (Wildman–Crippen MR) is 76.1 cm³/mol. The lowest BCUT2D eigenvalue weighted by Crippen LogP contribution is -2.04. The lowest BCUT2D eigenvalue weighted by molar-refractivity contribution is 0.0985. The predicted octanol–water partition coefficient (Wildman–Crippen LogP) is 3.11. The third kappa shape index (κ3) is 2.66. The van der Waals surface area contributed by atoms with Crippen LogP contribution in [0.15, 0.2) is 42.5 Å². The van der Waals surface area contributed by atoms with Crippen LogP contribution >= 0.6 is 0 Å². The van der Waals surface area contributed by atoms with Crippen LogP contribution in [0.4, 0.5) is 0 Å². The molecular weight excluding hydrogens is 238 g/mol. The molecule has 0 aliphatic rings. The van der Waals surface area contributed by atoms with Gasteiger partial charge in [0, 0.05) is 18.5 Å². The summed E-state index contributed by atoms with van der Waals surface area (Å²) in [5.41, 5.74) is 8.48. The molecular formula is C16H17NO2. The van der Waals surface area contributed by atoms with E-state index in [1.54, 1.807) is 13.0 Å². The molecule has 0 radical (unpaired) electrons. The minimum Gasteiger partial charge on any atom is -0.507 e. The molecule has 0 bridgehead atoms. The van der Waals surface area contributed by atoms with Gasteiger partial charge in [0.2, 0.25) is 0 Å². The van der Waals surface area contributed by atoms with Crippen molar-refractivity contribution in [1.29, 1.82) is 0 Å². The van der Waals surface area contributed by atoms with E-state index >= 15 is 0 Å². The van der Waals surface area contributed by atoms with E-state index < -0.39 is 0 Å². The number of aromatic hydroxyl groups is 1. The van der Waals surface area contributed by atoms with Crippen molar-refractivity contribution in [2.45, 2.75) is 19.9 Å². The molecule has 0 saturated carbocycles. The number of Topliss-reactive ketones (excluding diaryl/α,β-unsaturated/α-hetero) is 1. The maximum absolute atomic E-state index is 11.9. The summed E-state index contributed by atoms with van der Waals surface area (Å²) in [6.07, 6.45) is 0.357. The van der Waals surface area contributed by atoms with Gasteiger partial charge in [0.05, 0.1) is 5.56 Å². The van der Waals surface area contributed by atoms with Gasteiger partial charge in [-0.2, -0.15) is 0 Å². The SMILES string of the molecule is CCC(=O)c1cc(-c2ccccc2)cc(CN)c1O. The summed E-state index contributed by atoms with van der Waals surface area (Å²) >= 11 is 0. The lowest BCUT2D eigenvalue weighted by atomic mass is 9.96. The molecule has 98 valence electrons. The van der Waals surface area contributed by atoms with Gasteiger partial charge in [-0.05, 0) is 23.3 Å². The first-order valence-corrected chi connectivity index (χ1v) is 6.32. The molecule has 2 aromatic carbocycles. The van der Waals surface area contributed by atoms with Crippen LogP contribution in [0.1, 0.15) is 29.3 Å². The monoisotopic (exact) mass is 255 g/mol. The van der Waals surface area contributed by atoms with Crippen LogP contribution in [0.2, 0.25) is 0 Å². The molecule has 3 N–H and O–H groups in total. The second-order valence-electron chi connectivity index (χ2n) is 4.38. The molecule has 0 aliphatic heterocycles. The molecule has 0 fully saturated rings. The Hall–Kier alpha value is -2.13. The van der Waals surface area contributed by atoms with E-state index in [0.29, 0.717) is 17.5 Å². The van der Waals surface area contributed by atoms with Crippen molar-refractivity contribution in [2.24, 2.45) is 5.73 Å². The second-order valence-corrected chi connectivity index (χ2v) is 4.38. The van der Waals surface area contributed by atoms with E-state index in [0.717, 1.165) is 11.1 Å². The Morgan fingerprint density at radius 1 is 1.16 bits per heavy atom. The fourth-order valence-corrected chi connectivity index (χ4v) is 2.05. The summed E-state index contributed by atoms with van der Waals surface area (Å²) in [5, 5.41) is 10.1. The first-order valence-electron chi connectivity index (χ1n) is 6.32. The highest BCUT2D eigenvalue weighted by Gasteiger charge is 2.15. The van der Waals surface area contributed by atoms with E-state index in [1.165, 1.54) is 0 Å². The van der Waals surface area contributed by atoms with Gasteiger partial charge in [0.25, 0.3) is 0 Å². The number of phenols is 1. The van der Waals surface area contributed by atoms with Crippen molar-refractivity contribution in [2.75, 3.05) is 0 Å². The molecule has 0 aliphatic carbocycles. The van der Waals surface area contributed by atoms with Crippen molar-refractivity contribution >= 4 is 5.78 Å². The van der Waals surface area contributed by atoms with Crippen LogP contribution in [0, 0.1) is 0 Å². The first kappa shape index (κ1) is 13.3. The first-order chi connectivity index (χ1) is 9.17. The maximum Gasteiger partial charge on any atom is 0.166 e. The van der Waals surface area contributed by atoms with Gasteiger partial charge in [-0.15, -0.1) is 0 Å². The number of nitrogens with two attached hydrogens (primary N) is 1. The molecule has 0 unspecified atom stereocenters. The number of hydrogen-bond acceptors (Lipinski definition) is 3. The van der Waals surface area contributed by atoms with Crippen LogP contribution in [0.3, 0.4) is 0 Å². The molecule has 0 spiro atoms.